The molecule has 0 spiro atoms. The van der Waals surface area contributed by atoms with E-state index in [0.717, 1.165) is 44.3 Å². The Morgan fingerprint density at radius 2 is 1.77 bits per heavy atom. The van der Waals surface area contributed by atoms with E-state index < -0.39 is 11.6 Å². The van der Waals surface area contributed by atoms with Crippen molar-refractivity contribution in [2.24, 2.45) is 5.92 Å². The highest BCUT2D eigenvalue weighted by molar-refractivity contribution is 5.22. The third-order valence-electron chi connectivity index (χ3n) is 6.14. The molecule has 0 bridgehead atoms. The monoisotopic (exact) mass is 366 g/mol. The zero-order valence-corrected chi connectivity index (χ0v) is 15.2. The normalized spacial score (nSPS) is 33.7. The van der Waals surface area contributed by atoms with Gasteiger partial charge in [0.05, 0.1) is 31.5 Å². The molecule has 0 aromatic heterocycles. The van der Waals surface area contributed by atoms with Crippen molar-refractivity contribution in [2.45, 2.75) is 69.2 Å². The third kappa shape index (κ3) is 4.62. The van der Waals surface area contributed by atoms with E-state index in [-0.39, 0.29) is 6.10 Å². The maximum Gasteiger partial charge on any atom is 0.159 e. The number of benzene rings is 1. The summed E-state index contributed by atoms with van der Waals surface area (Å²) in [4.78, 5) is 0. The molecule has 1 saturated heterocycles. The van der Waals surface area contributed by atoms with Gasteiger partial charge in [0, 0.05) is 6.61 Å². The van der Waals surface area contributed by atoms with E-state index in [2.05, 4.69) is 0 Å². The SMILES string of the molecule is Fc1ccc(C2CCC(OCCOCC3CCC4OC4C3)CC2)cc1F. The van der Waals surface area contributed by atoms with E-state index in [4.69, 9.17) is 14.2 Å². The van der Waals surface area contributed by atoms with Crippen molar-refractivity contribution in [1.82, 2.24) is 0 Å². The lowest BCUT2D eigenvalue weighted by Gasteiger charge is -2.29. The molecule has 26 heavy (non-hydrogen) atoms. The van der Waals surface area contributed by atoms with Gasteiger partial charge in [0.2, 0.25) is 0 Å². The van der Waals surface area contributed by atoms with Crippen LogP contribution in [0.4, 0.5) is 8.78 Å². The zero-order valence-electron chi connectivity index (χ0n) is 15.2. The van der Waals surface area contributed by atoms with Crippen LogP contribution in [0.25, 0.3) is 0 Å². The van der Waals surface area contributed by atoms with Crippen LogP contribution in [-0.4, -0.2) is 38.1 Å². The number of ether oxygens (including phenoxy) is 3. The molecule has 0 N–H and O–H groups in total. The van der Waals surface area contributed by atoms with Gasteiger partial charge in [0.15, 0.2) is 11.6 Å². The smallest absolute Gasteiger partial charge is 0.159 e. The van der Waals surface area contributed by atoms with Crippen LogP contribution in [0.5, 0.6) is 0 Å². The molecule has 3 nitrogen and oxygen atoms in total. The molecule has 2 saturated carbocycles. The summed E-state index contributed by atoms with van der Waals surface area (Å²) in [7, 11) is 0. The third-order valence-corrected chi connectivity index (χ3v) is 6.14. The number of rotatable bonds is 7. The first-order chi connectivity index (χ1) is 12.7. The summed E-state index contributed by atoms with van der Waals surface area (Å²) in [6.45, 7) is 2.10. The molecule has 5 heteroatoms. The maximum absolute atomic E-state index is 13.4. The van der Waals surface area contributed by atoms with Gasteiger partial charge in [-0.15, -0.1) is 0 Å². The Labute approximate surface area is 154 Å². The molecule has 3 aliphatic rings. The quantitative estimate of drug-likeness (QED) is 0.522. The van der Waals surface area contributed by atoms with Gasteiger partial charge in [-0.25, -0.2) is 8.78 Å². The van der Waals surface area contributed by atoms with Crippen LogP contribution in [0.1, 0.15) is 56.4 Å². The topological polar surface area (TPSA) is 31.0 Å². The molecule has 1 aromatic rings. The van der Waals surface area contributed by atoms with Crippen molar-refractivity contribution in [3.8, 4) is 0 Å². The Hall–Kier alpha value is -1.04. The lowest BCUT2D eigenvalue weighted by molar-refractivity contribution is -0.0198. The number of fused-ring (bicyclic) bond motifs is 1. The fraction of sp³-hybridized carbons (Fsp3) is 0.714. The first-order valence-corrected chi connectivity index (χ1v) is 9.99. The first kappa shape index (κ1) is 18.3. The molecule has 144 valence electrons. The van der Waals surface area contributed by atoms with Crippen LogP contribution in [0, 0.1) is 17.6 Å². The van der Waals surface area contributed by atoms with E-state index >= 15 is 0 Å². The van der Waals surface area contributed by atoms with Crippen LogP contribution in [-0.2, 0) is 14.2 Å². The lowest BCUT2D eigenvalue weighted by atomic mass is 9.82. The Bertz CT molecular complexity index is 601. The summed E-state index contributed by atoms with van der Waals surface area (Å²) in [6.07, 6.45) is 8.73. The average molecular weight is 366 g/mol. The van der Waals surface area contributed by atoms with Crippen LogP contribution >= 0.6 is 0 Å². The van der Waals surface area contributed by atoms with Gasteiger partial charge in [0.1, 0.15) is 0 Å². The standard InChI is InChI=1S/C21H28F2O3/c22-18-7-4-16(12-19(18)23)15-2-5-17(6-3-15)25-10-9-24-13-14-1-8-20-21(11-14)26-20/h4,7,12,14-15,17,20-21H,1-3,5-6,8-11,13H2. The Morgan fingerprint density at radius 1 is 0.923 bits per heavy atom. The highest BCUT2D eigenvalue weighted by Gasteiger charge is 2.43. The van der Waals surface area contributed by atoms with Crippen molar-refractivity contribution in [2.75, 3.05) is 19.8 Å². The minimum atomic E-state index is -0.775. The average Bonchev–Trinajstić information content (AvgIpc) is 3.43. The predicted octanol–water partition coefficient (Wildman–Crippen LogP) is 4.59. The number of epoxide rings is 1. The summed E-state index contributed by atoms with van der Waals surface area (Å²) < 4.78 is 43.7. The highest BCUT2D eigenvalue weighted by atomic mass is 19.2. The van der Waals surface area contributed by atoms with Crippen molar-refractivity contribution < 1.29 is 23.0 Å². The number of hydrogen-bond acceptors (Lipinski definition) is 3. The molecule has 1 heterocycles. The second kappa shape index (κ2) is 8.32. The van der Waals surface area contributed by atoms with Gasteiger partial charge in [-0.3, -0.25) is 0 Å². The summed E-state index contributed by atoms with van der Waals surface area (Å²) in [5.41, 5.74) is 0.903. The fourth-order valence-corrected chi connectivity index (χ4v) is 4.49. The molecular weight excluding hydrogens is 338 g/mol. The fourth-order valence-electron chi connectivity index (χ4n) is 4.49. The van der Waals surface area contributed by atoms with E-state index in [1.807, 2.05) is 0 Å². The van der Waals surface area contributed by atoms with Crippen LogP contribution in [0.3, 0.4) is 0 Å². The molecule has 1 aliphatic heterocycles. The molecule has 2 aliphatic carbocycles. The van der Waals surface area contributed by atoms with E-state index in [1.54, 1.807) is 6.07 Å². The summed E-state index contributed by atoms with van der Waals surface area (Å²) in [5, 5.41) is 0. The minimum Gasteiger partial charge on any atom is -0.379 e. The second-order valence-electron chi connectivity index (χ2n) is 7.98. The lowest BCUT2D eigenvalue weighted by Crippen LogP contribution is -2.24. The molecule has 4 rings (SSSR count). The maximum atomic E-state index is 13.4. The number of halogens is 2. The van der Waals surface area contributed by atoms with Crippen LogP contribution < -0.4 is 0 Å². The van der Waals surface area contributed by atoms with Crippen molar-refractivity contribution in [3.63, 3.8) is 0 Å². The number of hydrogen-bond donors (Lipinski definition) is 0. The van der Waals surface area contributed by atoms with Crippen LogP contribution in [0.15, 0.2) is 18.2 Å². The Morgan fingerprint density at radius 3 is 2.54 bits per heavy atom. The molecule has 3 unspecified atom stereocenters. The second-order valence-corrected chi connectivity index (χ2v) is 7.98. The molecule has 3 fully saturated rings. The Kier molecular flexibility index (Phi) is 5.87. The van der Waals surface area contributed by atoms with Gasteiger partial charge in [0.25, 0.3) is 0 Å². The van der Waals surface area contributed by atoms with E-state index in [1.165, 1.54) is 25.0 Å². The first-order valence-electron chi connectivity index (χ1n) is 9.99. The predicted molar refractivity (Wildman–Crippen MR) is 94.1 cm³/mol. The largest absolute Gasteiger partial charge is 0.379 e. The molecule has 0 radical (unpaired) electrons. The van der Waals surface area contributed by atoms with Crippen molar-refractivity contribution in [1.29, 1.82) is 0 Å². The molecular formula is C21H28F2O3. The van der Waals surface area contributed by atoms with Gasteiger partial charge < -0.3 is 14.2 Å². The van der Waals surface area contributed by atoms with Gasteiger partial charge >= 0.3 is 0 Å². The summed E-state index contributed by atoms with van der Waals surface area (Å²) in [5.74, 6) is -0.575. The van der Waals surface area contributed by atoms with Crippen molar-refractivity contribution in [3.05, 3.63) is 35.4 Å². The molecule has 0 amide bonds. The summed E-state index contributed by atoms with van der Waals surface area (Å²) in [6, 6.07) is 4.28. The molecule has 1 aromatic carbocycles. The zero-order chi connectivity index (χ0) is 17.9. The highest BCUT2D eigenvalue weighted by Crippen LogP contribution is 2.39. The van der Waals surface area contributed by atoms with E-state index in [9.17, 15) is 8.78 Å². The van der Waals surface area contributed by atoms with Crippen molar-refractivity contribution >= 4 is 0 Å². The van der Waals surface area contributed by atoms with E-state index in [0.29, 0.717) is 37.3 Å². The minimum absolute atomic E-state index is 0.260. The summed E-state index contributed by atoms with van der Waals surface area (Å²) >= 11 is 0. The molecule has 3 atom stereocenters. The van der Waals surface area contributed by atoms with Gasteiger partial charge in [-0.1, -0.05) is 6.07 Å². The Balaban J connectivity index is 1.09. The van der Waals surface area contributed by atoms with Gasteiger partial charge in [-0.05, 0) is 74.5 Å². The van der Waals surface area contributed by atoms with Gasteiger partial charge in [-0.2, -0.15) is 0 Å². The van der Waals surface area contributed by atoms with Crippen LogP contribution in [0.2, 0.25) is 0 Å².